The van der Waals surface area contributed by atoms with Crippen LogP contribution in [0.3, 0.4) is 0 Å². The maximum absolute atomic E-state index is 12.3. The molecule has 0 N–H and O–H groups in total. The third-order valence-corrected chi connectivity index (χ3v) is 4.56. The number of esters is 1. The molecule has 1 fully saturated rings. The topological polar surface area (TPSA) is 46.6 Å². The molecule has 4 nitrogen and oxygen atoms in total. The minimum atomic E-state index is -0.446. The maximum atomic E-state index is 12.3. The quantitative estimate of drug-likeness (QED) is 0.795. The number of carbonyl (C=O) groups is 2. The molecule has 2 heterocycles. The molecule has 98 valence electrons. The molecule has 6 heteroatoms. The van der Waals surface area contributed by atoms with Gasteiger partial charge in [0, 0.05) is 18.1 Å². The fraction of sp³-hybridized carbons (Fsp3) is 0.500. The van der Waals surface area contributed by atoms with Gasteiger partial charge in [-0.1, -0.05) is 6.07 Å². The van der Waals surface area contributed by atoms with E-state index < -0.39 is 6.04 Å². The number of hydrogen-bond acceptors (Lipinski definition) is 5. The van der Waals surface area contributed by atoms with Gasteiger partial charge >= 0.3 is 5.97 Å². The molecular weight excluding hydrogens is 270 g/mol. The molecule has 1 aliphatic rings. The van der Waals surface area contributed by atoms with E-state index in [4.69, 9.17) is 4.74 Å². The molecule has 18 heavy (non-hydrogen) atoms. The van der Waals surface area contributed by atoms with Gasteiger partial charge in [0.1, 0.15) is 6.04 Å². The number of rotatable bonds is 3. The lowest BCUT2D eigenvalue weighted by Gasteiger charge is -2.33. The molecule has 0 spiro atoms. The van der Waals surface area contributed by atoms with Gasteiger partial charge in [0.2, 0.25) is 0 Å². The highest BCUT2D eigenvalue weighted by molar-refractivity contribution is 7.99. The van der Waals surface area contributed by atoms with Crippen LogP contribution in [0.1, 0.15) is 16.6 Å². The minimum Gasteiger partial charge on any atom is -0.464 e. The third-order valence-electron chi connectivity index (χ3n) is 2.68. The number of hydrogen-bond donors (Lipinski definition) is 0. The average molecular weight is 285 g/mol. The van der Waals surface area contributed by atoms with Gasteiger partial charge in [-0.2, -0.15) is 11.8 Å². The van der Waals surface area contributed by atoms with Crippen LogP contribution < -0.4 is 0 Å². The number of nitrogens with zero attached hydrogens (tertiary/aromatic N) is 1. The summed E-state index contributed by atoms with van der Waals surface area (Å²) in [4.78, 5) is 26.5. The molecule has 1 aliphatic heterocycles. The molecule has 0 saturated carbocycles. The van der Waals surface area contributed by atoms with Crippen molar-refractivity contribution in [3.8, 4) is 0 Å². The predicted octanol–water partition coefficient (Wildman–Crippen LogP) is 1.87. The Hall–Kier alpha value is -1.01. The molecule has 1 atom stereocenters. The van der Waals surface area contributed by atoms with Crippen molar-refractivity contribution >= 4 is 35.0 Å². The van der Waals surface area contributed by atoms with Gasteiger partial charge in [-0.05, 0) is 18.4 Å². The summed E-state index contributed by atoms with van der Waals surface area (Å²) in [6.45, 7) is 2.73. The van der Waals surface area contributed by atoms with Gasteiger partial charge in [-0.3, -0.25) is 4.79 Å². The largest absolute Gasteiger partial charge is 0.464 e. The summed E-state index contributed by atoms with van der Waals surface area (Å²) < 4.78 is 5.04. The fourth-order valence-electron chi connectivity index (χ4n) is 1.82. The summed E-state index contributed by atoms with van der Waals surface area (Å²) in [5.74, 6) is 1.13. The highest BCUT2D eigenvalue weighted by Crippen LogP contribution is 2.21. The number of amides is 1. The molecule has 1 aromatic heterocycles. The van der Waals surface area contributed by atoms with Gasteiger partial charge in [-0.25, -0.2) is 4.79 Å². The first-order valence-electron chi connectivity index (χ1n) is 5.83. The summed E-state index contributed by atoms with van der Waals surface area (Å²) in [5.41, 5.74) is 0. The van der Waals surface area contributed by atoms with Crippen molar-refractivity contribution in [3.63, 3.8) is 0 Å². The van der Waals surface area contributed by atoms with Crippen molar-refractivity contribution in [2.75, 3.05) is 24.7 Å². The van der Waals surface area contributed by atoms with Crippen molar-refractivity contribution in [2.45, 2.75) is 13.0 Å². The van der Waals surface area contributed by atoms with Crippen LogP contribution in [0.4, 0.5) is 0 Å². The molecule has 1 amide bonds. The molecule has 0 aliphatic carbocycles. The normalized spacial score (nSPS) is 19.6. The van der Waals surface area contributed by atoms with E-state index in [1.54, 1.807) is 29.7 Å². The van der Waals surface area contributed by atoms with E-state index in [-0.39, 0.29) is 11.9 Å². The minimum absolute atomic E-state index is 0.0663. The lowest BCUT2D eigenvalue weighted by molar-refractivity contribution is -0.147. The summed E-state index contributed by atoms with van der Waals surface area (Å²) in [7, 11) is 0. The van der Waals surface area contributed by atoms with Crippen molar-refractivity contribution in [3.05, 3.63) is 22.4 Å². The zero-order chi connectivity index (χ0) is 13.0. The Morgan fingerprint density at radius 1 is 1.56 bits per heavy atom. The Labute approximate surface area is 114 Å². The number of thiophene rings is 1. The molecule has 1 unspecified atom stereocenters. The lowest BCUT2D eigenvalue weighted by Crippen LogP contribution is -2.50. The second-order valence-electron chi connectivity index (χ2n) is 3.82. The standard InChI is InChI=1S/C12H15NO3S2/c1-2-16-12(15)9-8-17-7-5-13(9)11(14)10-4-3-6-18-10/h3-4,6,9H,2,5,7-8H2,1H3. The van der Waals surface area contributed by atoms with Crippen LogP contribution in [0.5, 0.6) is 0 Å². The maximum Gasteiger partial charge on any atom is 0.329 e. The Bertz CT molecular complexity index is 419. The number of carbonyl (C=O) groups excluding carboxylic acids is 2. The van der Waals surface area contributed by atoms with Gasteiger partial charge < -0.3 is 9.64 Å². The van der Waals surface area contributed by atoms with E-state index in [1.165, 1.54) is 11.3 Å². The van der Waals surface area contributed by atoms with Crippen molar-refractivity contribution < 1.29 is 14.3 Å². The number of thioether (sulfide) groups is 1. The first-order valence-corrected chi connectivity index (χ1v) is 7.86. The van der Waals surface area contributed by atoms with E-state index in [2.05, 4.69) is 0 Å². The molecule has 1 aromatic rings. The molecule has 0 bridgehead atoms. The zero-order valence-electron chi connectivity index (χ0n) is 10.1. The van der Waals surface area contributed by atoms with E-state index in [9.17, 15) is 9.59 Å². The zero-order valence-corrected chi connectivity index (χ0v) is 11.8. The summed E-state index contributed by atoms with van der Waals surface area (Å²) in [5, 5.41) is 1.87. The van der Waals surface area contributed by atoms with Crippen LogP contribution in [0.25, 0.3) is 0 Å². The Kier molecular flexibility index (Phi) is 4.66. The first kappa shape index (κ1) is 13.4. The highest BCUT2D eigenvalue weighted by Gasteiger charge is 2.34. The second-order valence-corrected chi connectivity index (χ2v) is 5.92. The first-order chi connectivity index (χ1) is 8.74. The Balaban J connectivity index is 2.12. The van der Waals surface area contributed by atoms with Crippen molar-refractivity contribution in [2.24, 2.45) is 0 Å². The molecule has 0 aromatic carbocycles. The highest BCUT2D eigenvalue weighted by atomic mass is 32.2. The van der Waals surface area contributed by atoms with Gasteiger partial charge in [0.15, 0.2) is 0 Å². The smallest absolute Gasteiger partial charge is 0.329 e. The van der Waals surface area contributed by atoms with Crippen molar-refractivity contribution in [1.29, 1.82) is 0 Å². The summed E-state index contributed by atoms with van der Waals surface area (Å²) in [6.07, 6.45) is 0. The predicted molar refractivity (Wildman–Crippen MR) is 73.1 cm³/mol. The molecule has 2 rings (SSSR count). The van der Waals surface area contributed by atoms with Crippen LogP contribution >= 0.6 is 23.1 Å². The van der Waals surface area contributed by atoms with E-state index >= 15 is 0 Å². The third kappa shape index (κ3) is 2.87. The Morgan fingerprint density at radius 3 is 3.06 bits per heavy atom. The van der Waals surface area contributed by atoms with Gasteiger partial charge in [-0.15, -0.1) is 11.3 Å². The van der Waals surface area contributed by atoms with Crippen LogP contribution in [-0.2, 0) is 9.53 Å². The monoisotopic (exact) mass is 285 g/mol. The second kappa shape index (κ2) is 6.24. The molecular formula is C12H15NO3S2. The molecule has 0 radical (unpaired) electrons. The fourth-order valence-corrected chi connectivity index (χ4v) is 3.53. The van der Waals surface area contributed by atoms with Gasteiger partial charge in [0.25, 0.3) is 5.91 Å². The molecule has 1 saturated heterocycles. The van der Waals surface area contributed by atoms with Crippen molar-refractivity contribution in [1.82, 2.24) is 4.90 Å². The van der Waals surface area contributed by atoms with E-state index in [0.717, 1.165) is 5.75 Å². The van der Waals surface area contributed by atoms with Gasteiger partial charge in [0.05, 0.1) is 11.5 Å². The van der Waals surface area contributed by atoms with Crippen LogP contribution in [0.2, 0.25) is 0 Å². The van der Waals surface area contributed by atoms with Crippen LogP contribution in [-0.4, -0.2) is 47.5 Å². The Morgan fingerprint density at radius 2 is 2.39 bits per heavy atom. The lowest BCUT2D eigenvalue weighted by atomic mass is 10.2. The summed E-state index contributed by atoms with van der Waals surface area (Å²) >= 11 is 3.09. The average Bonchev–Trinajstić information content (AvgIpc) is 2.92. The van der Waals surface area contributed by atoms with Crippen LogP contribution in [0, 0.1) is 0 Å². The van der Waals surface area contributed by atoms with E-state index in [1.807, 2.05) is 11.4 Å². The number of ether oxygens (including phenoxy) is 1. The van der Waals surface area contributed by atoms with Crippen LogP contribution in [0.15, 0.2) is 17.5 Å². The summed E-state index contributed by atoms with van der Waals surface area (Å²) in [6, 6.07) is 3.19. The van der Waals surface area contributed by atoms with E-state index in [0.29, 0.717) is 23.8 Å². The SMILES string of the molecule is CCOC(=O)C1CSCCN1C(=O)c1cccs1.